The number of rotatable bonds is 35. The molecule has 0 aromatic carbocycles. The molecule has 316 valence electrons. The highest BCUT2D eigenvalue weighted by molar-refractivity contribution is 5.76. The summed E-state index contributed by atoms with van der Waals surface area (Å²) in [5.74, 6) is 0.270. The molecule has 54 heavy (non-hydrogen) atoms. The Morgan fingerprint density at radius 3 is 1.74 bits per heavy atom. The Hall–Kier alpha value is -1.40. The second-order valence-electron chi connectivity index (χ2n) is 17.8. The van der Waals surface area contributed by atoms with Crippen molar-refractivity contribution in [2.24, 2.45) is 5.92 Å². The molecule has 0 bridgehead atoms. The number of carbonyl (C=O) groups excluding carboxylic acids is 2. The van der Waals surface area contributed by atoms with Gasteiger partial charge in [-0.15, -0.1) is 0 Å². The Labute approximate surface area is 335 Å². The van der Waals surface area contributed by atoms with Crippen molar-refractivity contribution < 1.29 is 19.1 Å². The van der Waals surface area contributed by atoms with Crippen LogP contribution in [0.5, 0.6) is 0 Å². The number of esters is 1. The van der Waals surface area contributed by atoms with E-state index in [1.54, 1.807) is 0 Å². The predicted octanol–water partition coefficient (Wildman–Crippen LogP) is 13.2. The van der Waals surface area contributed by atoms with Gasteiger partial charge in [0.15, 0.2) is 0 Å². The number of hydrogen-bond donors (Lipinski definition) is 1. The zero-order valence-electron chi connectivity index (χ0n) is 36.4. The number of allylic oxidation sites excluding steroid dienone is 2. The van der Waals surface area contributed by atoms with Crippen molar-refractivity contribution in [2.45, 2.75) is 251 Å². The molecule has 2 rings (SSSR count). The summed E-state index contributed by atoms with van der Waals surface area (Å²) in [6.45, 7) is 12.0. The number of nitrogens with one attached hydrogen (secondary N) is 1. The first-order valence-electron chi connectivity index (χ1n) is 23.8. The van der Waals surface area contributed by atoms with Gasteiger partial charge >= 0.3 is 5.97 Å². The smallest absolute Gasteiger partial charge is 0.307 e. The van der Waals surface area contributed by atoms with E-state index in [4.69, 9.17) is 9.47 Å². The normalized spacial score (nSPS) is 19.4. The molecule has 0 aromatic rings. The summed E-state index contributed by atoms with van der Waals surface area (Å²) in [7, 11) is 0. The summed E-state index contributed by atoms with van der Waals surface area (Å²) < 4.78 is 12.6. The number of unbranched alkanes of at least 4 members (excludes halogenated alkanes) is 22. The highest BCUT2D eigenvalue weighted by Gasteiger charge is 2.44. The first-order valence-corrected chi connectivity index (χ1v) is 23.8. The van der Waals surface area contributed by atoms with Crippen LogP contribution < -0.4 is 5.32 Å². The van der Waals surface area contributed by atoms with E-state index in [0.717, 1.165) is 45.3 Å². The van der Waals surface area contributed by atoms with E-state index in [0.29, 0.717) is 18.8 Å². The summed E-state index contributed by atoms with van der Waals surface area (Å²) in [5.41, 5.74) is -0.239. The average molecular weight is 759 g/mol. The van der Waals surface area contributed by atoms with Gasteiger partial charge in [0.25, 0.3) is 0 Å². The maximum absolute atomic E-state index is 13.3. The third kappa shape index (κ3) is 25.7. The van der Waals surface area contributed by atoms with Crippen LogP contribution in [0.1, 0.15) is 233 Å². The highest BCUT2D eigenvalue weighted by atomic mass is 16.5. The number of piperidine rings is 1. The van der Waals surface area contributed by atoms with Crippen LogP contribution in [0, 0.1) is 5.92 Å². The fraction of sp³-hybridized carbons (Fsp3) is 0.917. The summed E-state index contributed by atoms with van der Waals surface area (Å²) in [6, 6.07) is -0.302. The van der Waals surface area contributed by atoms with Crippen LogP contribution in [0.4, 0.5) is 0 Å². The Morgan fingerprint density at radius 2 is 1.19 bits per heavy atom. The number of hydrogen-bond acceptors (Lipinski definition) is 5. The van der Waals surface area contributed by atoms with Crippen LogP contribution >= 0.6 is 0 Å². The van der Waals surface area contributed by atoms with Crippen molar-refractivity contribution in [1.82, 2.24) is 10.2 Å². The van der Waals surface area contributed by atoms with E-state index in [1.807, 2.05) is 0 Å². The summed E-state index contributed by atoms with van der Waals surface area (Å²) in [6.07, 6.45) is 43.8. The molecule has 1 amide bonds. The quantitative estimate of drug-likeness (QED) is 0.0396. The van der Waals surface area contributed by atoms with Gasteiger partial charge in [0, 0.05) is 13.0 Å². The summed E-state index contributed by atoms with van der Waals surface area (Å²) in [4.78, 5) is 28.6. The third-order valence-electron chi connectivity index (χ3n) is 12.0. The van der Waals surface area contributed by atoms with Crippen molar-refractivity contribution >= 4 is 11.9 Å². The molecular formula is C48H90N2O4. The van der Waals surface area contributed by atoms with Crippen molar-refractivity contribution in [3.8, 4) is 0 Å². The summed E-state index contributed by atoms with van der Waals surface area (Å²) >= 11 is 0. The van der Waals surface area contributed by atoms with Crippen LogP contribution in [0.15, 0.2) is 12.2 Å². The van der Waals surface area contributed by atoms with Gasteiger partial charge in [0.1, 0.15) is 6.61 Å². The van der Waals surface area contributed by atoms with Crippen molar-refractivity contribution in [1.29, 1.82) is 0 Å². The van der Waals surface area contributed by atoms with Gasteiger partial charge in [-0.3, -0.25) is 9.59 Å². The lowest BCUT2D eigenvalue weighted by molar-refractivity contribution is -0.147. The average Bonchev–Trinajstić information content (AvgIpc) is 3.48. The fourth-order valence-electron chi connectivity index (χ4n) is 8.73. The molecule has 2 heterocycles. The van der Waals surface area contributed by atoms with E-state index in [9.17, 15) is 9.59 Å². The Morgan fingerprint density at radius 1 is 0.685 bits per heavy atom. The lowest BCUT2D eigenvalue weighted by Crippen LogP contribution is -2.49. The van der Waals surface area contributed by atoms with Crippen LogP contribution in [-0.2, 0) is 19.1 Å². The first-order chi connectivity index (χ1) is 26.3. The number of ether oxygens (including phenoxy) is 2. The second kappa shape index (κ2) is 32.7. The van der Waals surface area contributed by atoms with E-state index >= 15 is 0 Å². The van der Waals surface area contributed by atoms with Gasteiger partial charge in [-0.2, -0.15) is 0 Å². The molecule has 3 atom stereocenters. The standard InChI is InChI=1S/C48H90N2O4/c1-5-7-9-11-13-15-17-19-20-21-23-25-27-29-32-36-45(51)49-44(42-53-46(52)37-40-50-38-33-30-34-39-50)47-43(41-48(3,4)54-47)35-31-28-26-24-22-18-16-14-12-10-8-6-2/h19-20,43-44,47H,5-18,21-42H2,1-4H3,(H,49,51)/b20-19-/t43-,44-,47+/m0/s1. The van der Waals surface area contributed by atoms with Crippen LogP contribution in [0.25, 0.3) is 0 Å². The molecule has 2 aliphatic rings. The zero-order valence-corrected chi connectivity index (χ0v) is 36.4. The molecule has 6 nitrogen and oxygen atoms in total. The molecule has 1 N–H and O–H groups in total. The van der Waals surface area contributed by atoms with Gasteiger partial charge in [-0.05, 0) is 90.6 Å². The summed E-state index contributed by atoms with van der Waals surface area (Å²) in [5, 5.41) is 3.32. The van der Waals surface area contributed by atoms with E-state index in [2.05, 4.69) is 50.1 Å². The molecule has 2 saturated heterocycles. The van der Waals surface area contributed by atoms with Gasteiger partial charge in [-0.25, -0.2) is 0 Å². The Kier molecular flexibility index (Phi) is 29.5. The minimum Gasteiger partial charge on any atom is -0.463 e. The molecule has 6 heteroatoms. The van der Waals surface area contributed by atoms with Gasteiger partial charge in [0.2, 0.25) is 5.91 Å². The molecular weight excluding hydrogens is 669 g/mol. The molecule has 0 unspecified atom stereocenters. The fourth-order valence-corrected chi connectivity index (χ4v) is 8.73. The number of nitrogens with zero attached hydrogens (tertiary/aromatic N) is 1. The van der Waals surface area contributed by atoms with Crippen molar-refractivity contribution in [2.75, 3.05) is 26.2 Å². The third-order valence-corrected chi connectivity index (χ3v) is 12.0. The molecule has 0 spiro atoms. The molecule has 0 aromatic heterocycles. The van der Waals surface area contributed by atoms with Gasteiger partial charge in [-0.1, -0.05) is 161 Å². The maximum atomic E-state index is 13.3. The van der Waals surface area contributed by atoms with Crippen LogP contribution in [0.3, 0.4) is 0 Å². The second-order valence-corrected chi connectivity index (χ2v) is 17.8. The molecule has 0 radical (unpaired) electrons. The number of amides is 1. The number of likely N-dealkylation sites (tertiary alicyclic amines) is 1. The van der Waals surface area contributed by atoms with E-state index < -0.39 is 0 Å². The molecule has 2 aliphatic heterocycles. The number of carbonyl (C=O) groups is 2. The monoisotopic (exact) mass is 759 g/mol. The largest absolute Gasteiger partial charge is 0.463 e. The molecule has 0 saturated carbocycles. The Bertz CT molecular complexity index is 930. The van der Waals surface area contributed by atoms with E-state index in [1.165, 1.54) is 167 Å². The Balaban J connectivity index is 1.75. The zero-order chi connectivity index (χ0) is 39.0. The van der Waals surface area contributed by atoms with E-state index in [-0.39, 0.29) is 36.2 Å². The topological polar surface area (TPSA) is 67.9 Å². The predicted molar refractivity (Wildman–Crippen MR) is 230 cm³/mol. The van der Waals surface area contributed by atoms with Crippen molar-refractivity contribution in [3.05, 3.63) is 12.2 Å². The lowest BCUT2D eigenvalue weighted by Gasteiger charge is -2.30. The highest BCUT2D eigenvalue weighted by Crippen LogP contribution is 2.39. The van der Waals surface area contributed by atoms with Gasteiger partial charge < -0.3 is 19.7 Å². The van der Waals surface area contributed by atoms with Crippen LogP contribution in [-0.4, -0.2) is 60.8 Å². The SMILES string of the molecule is CCCCCCCC/C=C\CCCCCCCC(=O)N[C@@H](COC(=O)CCN1CCCCC1)[C@@H]1OC(C)(C)C[C@@H]1CCCCCCCCCCCCCC. The molecule has 0 aliphatic carbocycles. The van der Waals surface area contributed by atoms with Crippen LogP contribution in [0.2, 0.25) is 0 Å². The first kappa shape index (κ1) is 48.7. The minimum absolute atomic E-state index is 0.0689. The lowest BCUT2D eigenvalue weighted by atomic mass is 9.86. The molecule has 2 fully saturated rings. The minimum atomic E-state index is -0.302. The maximum Gasteiger partial charge on any atom is 0.307 e. The van der Waals surface area contributed by atoms with Crippen molar-refractivity contribution in [3.63, 3.8) is 0 Å². The van der Waals surface area contributed by atoms with Gasteiger partial charge in [0.05, 0.1) is 24.2 Å².